The smallest absolute Gasteiger partial charge is 0.128 e. The first-order valence-electron chi connectivity index (χ1n) is 6.13. The van der Waals surface area contributed by atoms with Gasteiger partial charge in [-0.1, -0.05) is 6.07 Å². The standard InChI is InChI=1S/C14H20FNO/c1-10-12(15)5-4-6-13(10)16-11-7-8-17-14(2,3)9-11/h4-6,11,16H,7-9H2,1-3H3. The summed E-state index contributed by atoms with van der Waals surface area (Å²) in [7, 11) is 0. The number of rotatable bonds is 2. The van der Waals surface area contributed by atoms with Gasteiger partial charge in [-0.25, -0.2) is 4.39 Å². The maximum atomic E-state index is 13.4. The van der Waals surface area contributed by atoms with Gasteiger partial charge in [-0.05, 0) is 45.7 Å². The van der Waals surface area contributed by atoms with Crippen molar-refractivity contribution in [1.82, 2.24) is 0 Å². The topological polar surface area (TPSA) is 21.3 Å². The van der Waals surface area contributed by atoms with Crippen LogP contribution >= 0.6 is 0 Å². The second kappa shape index (κ2) is 4.65. The summed E-state index contributed by atoms with van der Waals surface area (Å²) in [6, 6.07) is 5.53. The monoisotopic (exact) mass is 237 g/mol. The maximum Gasteiger partial charge on any atom is 0.128 e. The van der Waals surface area contributed by atoms with Crippen molar-refractivity contribution >= 4 is 5.69 Å². The van der Waals surface area contributed by atoms with Crippen molar-refractivity contribution in [2.75, 3.05) is 11.9 Å². The van der Waals surface area contributed by atoms with Crippen molar-refractivity contribution in [2.24, 2.45) is 0 Å². The first-order valence-corrected chi connectivity index (χ1v) is 6.13. The molecule has 1 atom stereocenters. The number of hydrogen-bond donors (Lipinski definition) is 1. The third-order valence-corrected chi connectivity index (χ3v) is 3.32. The van der Waals surface area contributed by atoms with Crippen LogP contribution in [-0.2, 0) is 4.74 Å². The molecule has 0 amide bonds. The third-order valence-electron chi connectivity index (χ3n) is 3.32. The lowest BCUT2D eigenvalue weighted by Gasteiger charge is -2.36. The molecule has 0 saturated carbocycles. The summed E-state index contributed by atoms with van der Waals surface area (Å²) >= 11 is 0. The number of benzene rings is 1. The summed E-state index contributed by atoms with van der Waals surface area (Å²) in [4.78, 5) is 0. The zero-order valence-electron chi connectivity index (χ0n) is 10.7. The van der Waals surface area contributed by atoms with E-state index in [-0.39, 0.29) is 11.4 Å². The van der Waals surface area contributed by atoms with Gasteiger partial charge in [0.1, 0.15) is 5.82 Å². The molecule has 3 heteroatoms. The number of hydrogen-bond acceptors (Lipinski definition) is 2. The van der Waals surface area contributed by atoms with E-state index in [1.807, 2.05) is 13.0 Å². The van der Waals surface area contributed by atoms with Crippen LogP contribution in [0.25, 0.3) is 0 Å². The highest BCUT2D eigenvalue weighted by Gasteiger charge is 2.28. The Morgan fingerprint density at radius 1 is 1.41 bits per heavy atom. The lowest BCUT2D eigenvalue weighted by molar-refractivity contribution is -0.0553. The van der Waals surface area contributed by atoms with Crippen LogP contribution in [0.5, 0.6) is 0 Å². The fourth-order valence-corrected chi connectivity index (χ4v) is 2.34. The average molecular weight is 237 g/mol. The molecule has 1 aliphatic rings. The average Bonchev–Trinajstić information content (AvgIpc) is 2.23. The second-order valence-corrected chi connectivity index (χ2v) is 5.35. The SMILES string of the molecule is Cc1c(F)cccc1NC1CCOC(C)(C)C1. The maximum absolute atomic E-state index is 13.4. The number of halogens is 1. The van der Waals surface area contributed by atoms with Crippen LogP contribution in [-0.4, -0.2) is 18.2 Å². The molecule has 1 heterocycles. The third kappa shape index (κ3) is 2.97. The molecule has 1 aromatic rings. The van der Waals surface area contributed by atoms with Crippen molar-refractivity contribution < 1.29 is 9.13 Å². The first-order chi connectivity index (χ1) is 7.98. The van der Waals surface area contributed by atoms with Gasteiger partial charge in [0.15, 0.2) is 0 Å². The molecular formula is C14H20FNO. The molecule has 0 bridgehead atoms. The van der Waals surface area contributed by atoms with Crippen molar-refractivity contribution in [3.8, 4) is 0 Å². The minimum Gasteiger partial charge on any atom is -0.382 e. The molecule has 0 aromatic heterocycles. The van der Waals surface area contributed by atoms with Gasteiger partial charge >= 0.3 is 0 Å². The Morgan fingerprint density at radius 3 is 2.88 bits per heavy atom. The number of ether oxygens (including phenoxy) is 1. The molecule has 2 rings (SSSR count). The highest BCUT2D eigenvalue weighted by atomic mass is 19.1. The first kappa shape index (κ1) is 12.4. The van der Waals surface area contributed by atoms with Crippen LogP contribution in [0.3, 0.4) is 0 Å². The van der Waals surface area contributed by atoms with Gasteiger partial charge in [0.2, 0.25) is 0 Å². The molecule has 1 saturated heterocycles. The van der Waals surface area contributed by atoms with Gasteiger partial charge in [-0.3, -0.25) is 0 Å². The summed E-state index contributed by atoms with van der Waals surface area (Å²) < 4.78 is 19.1. The van der Waals surface area contributed by atoms with E-state index >= 15 is 0 Å². The molecule has 1 unspecified atom stereocenters. The minimum atomic E-state index is -0.152. The van der Waals surface area contributed by atoms with E-state index in [0.29, 0.717) is 11.6 Å². The molecule has 94 valence electrons. The Kier molecular flexibility index (Phi) is 3.38. The number of anilines is 1. The molecule has 1 N–H and O–H groups in total. The molecule has 1 fully saturated rings. The predicted molar refractivity (Wildman–Crippen MR) is 67.8 cm³/mol. The molecule has 0 aliphatic carbocycles. The van der Waals surface area contributed by atoms with Crippen molar-refractivity contribution in [3.63, 3.8) is 0 Å². The summed E-state index contributed by atoms with van der Waals surface area (Å²) in [5, 5.41) is 3.43. The van der Waals surface area contributed by atoms with E-state index < -0.39 is 0 Å². The molecule has 0 radical (unpaired) electrons. The molecule has 17 heavy (non-hydrogen) atoms. The molecule has 0 spiro atoms. The Bertz CT molecular complexity index is 403. The van der Waals surface area contributed by atoms with E-state index in [2.05, 4.69) is 19.2 Å². The van der Waals surface area contributed by atoms with Gasteiger partial charge < -0.3 is 10.1 Å². The summed E-state index contributed by atoms with van der Waals surface area (Å²) in [5.41, 5.74) is 1.50. The summed E-state index contributed by atoms with van der Waals surface area (Å²) in [6.07, 6.45) is 1.92. The fourth-order valence-electron chi connectivity index (χ4n) is 2.34. The van der Waals surface area contributed by atoms with Crippen LogP contribution in [0.2, 0.25) is 0 Å². The van der Waals surface area contributed by atoms with E-state index in [1.54, 1.807) is 6.07 Å². The van der Waals surface area contributed by atoms with E-state index in [4.69, 9.17) is 4.74 Å². The van der Waals surface area contributed by atoms with Gasteiger partial charge in [0.05, 0.1) is 5.60 Å². The van der Waals surface area contributed by atoms with E-state index in [9.17, 15) is 4.39 Å². The quantitative estimate of drug-likeness (QED) is 0.850. The van der Waals surface area contributed by atoms with Crippen LogP contribution in [0, 0.1) is 12.7 Å². The summed E-state index contributed by atoms with van der Waals surface area (Å²) in [5.74, 6) is -0.152. The zero-order chi connectivity index (χ0) is 12.5. The number of nitrogens with one attached hydrogen (secondary N) is 1. The highest BCUT2D eigenvalue weighted by Crippen LogP contribution is 2.27. The lowest BCUT2D eigenvalue weighted by atomic mass is 9.93. The van der Waals surface area contributed by atoms with Crippen LogP contribution < -0.4 is 5.32 Å². The van der Waals surface area contributed by atoms with Gasteiger partial charge in [-0.2, -0.15) is 0 Å². The minimum absolute atomic E-state index is 0.0862. The normalized spacial score (nSPS) is 23.4. The van der Waals surface area contributed by atoms with Gasteiger partial charge in [-0.15, -0.1) is 0 Å². The van der Waals surface area contributed by atoms with E-state index in [0.717, 1.165) is 25.1 Å². The molecule has 1 aromatic carbocycles. The fraction of sp³-hybridized carbons (Fsp3) is 0.571. The van der Waals surface area contributed by atoms with Crippen LogP contribution in [0.15, 0.2) is 18.2 Å². The highest BCUT2D eigenvalue weighted by molar-refractivity contribution is 5.51. The Balaban J connectivity index is 2.08. The van der Waals surface area contributed by atoms with Crippen LogP contribution in [0.4, 0.5) is 10.1 Å². The van der Waals surface area contributed by atoms with Gasteiger partial charge in [0, 0.05) is 23.9 Å². The Morgan fingerprint density at radius 2 is 2.18 bits per heavy atom. The van der Waals surface area contributed by atoms with Crippen molar-refractivity contribution in [3.05, 3.63) is 29.6 Å². The van der Waals surface area contributed by atoms with Crippen LogP contribution in [0.1, 0.15) is 32.3 Å². The zero-order valence-corrected chi connectivity index (χ0v) is 10.7. The van der Waals surface area contributed by atoms with Crippen molar-refractivity contribution in [1.29, 1.82) is 0 Å². The van der Waals surface area contributed by atoms with Gasteiger partial charge in [0.25, 0.3) is 0 Å². The molecule has 2 nitrogen and oxygen atoms in total. The largest absolute Gasteiger partial charge is 0.382 e. The second-order valence-electron chi connectivity index (χ2n) is 5.35. The van der Waals surface area contributed by atoms with E-state index in [1.165, 1.54) is 6.07 Å². The lowest BCUT2D eigenvalue weighted by Crippen LogP contribution is -2.40. The molecule has 1 aliphatic heterocycles. The Labute approximate surface area is 102 Å². The predicted octanol–water partition coefficient (Wildman–Crippen LogP) is 3.50. The van der Waals surface area contributed by atoms with Crippen molar-refractivity contribution in [2.45, 2.75) is 45.3 Å². The summed E-state index contributed by atoms with van der Waals surface area (Å²) in [6.45, 7) is 6.76. The molecular weight excluding hydrogens is 217 g/mol. The Hall–Kier alpha value is -1.09.